The maximum absolute atomic E-state index is 13.3. The van der Waals surface area contributed by atoms with E-state index in [1.54, 1.807) is 23.4 Å². The molecular formula is C20H22N8O2S2. The molecule has 0 radical (unpaired) electrons. The molecule has 12 heteroatoms. The van der Waals surface area contributed by atoms with E-state index < -0.39 is 12.1 Å². The smallest absolute Gasteiger partial charge is 0.321 e. The number of H-pyrrole nitrogens is 1. The molecule has 0 aliphatic carbocycles. The van der Waals surface area contributed by atoms with Crippen LogP contribution in [0.4, 0.5) is 15.9 Å². The van der Waals surface area contributed by atoms with Gasteiger partial charge in [0.25, 0.3) is 0 Å². The number of anilines is 2. The van der Waals surface area contributed by atoms with Gasteiger partial charge in [0.15, 0.2) is 3.95 Å². The Bertz CT molecular complexity index is 1100. The number of nitrogens with one attached hydrogen (secondary N) is 3. The molecule has 1 saturated heterocycles. The van der Waals surface area contributed by atoms with Crippen molar-refractivity contribution in [2.75, 3.05) is 36.4 Å². The molecule has 1 aromatic carbocycles. The van der Waals surface area contributed by atoms with E-state index in [0.29, 0.717) is 47.6 Å². The first-order valence-electron chi connectivity index (χ1n) is 10.1. The number of carbonyl (C=O) groups is 2. The van der Waals surface area contributed by atoms with Crippen LogP contribution in [0.3, 0.4) is 0 Å². The average molecular weight is 471 g/mol. The highest BCUT2D eigenvalue weighted by Gasteiger charge is 2.29. The van der Waals surface area contributed by atoms with Gasteiger partial charge in [0.05, 0.1) is 0 Å². The predicted octanol–water partition coefficient (Wildman–Crippen LogP) is 2.07. The van der Waals surface area contributed by atoms with Crippen LogP contribution in [0, 0.1) is 3.95 Å². The third kappa shape index (κ3) is 5.65. The van der Waals surface area contributed by atoms with Crippen LogP contribution in [0.2, 0.25) is 0 Å². The number of hydrogen-bond acceptors (Lipinski definition) is 8. The van der Waals surface area contributed by atoms with Gasteiger partial charge in [-0.2, -0.15) is 0 Å². The summed E-state index contributed by atoms with van der Waals surface area (Å²) in [6.45, 7) is 2.28. The van der Waals surface area contributed by atoms with Crippen LogP contribution in [0.5, 0.6) is 0 Å². The molecule has 1 atom stereocenters. The van der Waals surface area contributed by atoms with Gasteiger partial charge in [-0.25, -0.2) is 14.8 Å². The number of amides is 3. The molecule has 4 rings (SSSR count). The van der Waals surface area contributed by atoms with Gasteiger partial charge in [-0.3, -0.25) is 15.2 Å². The molecule has 2 aromatic heterocycles. The first-order chi connectivity index (χ1) is 15.6. The number of urea groups is 1. The van der Waals surface area contributed by atoms with Gasteiger partial charge in [0.2, 0.25) is 17.0 Å². The number of rotatable bonds is 6. The van der Waals surface area contributed by atoms with Crippen molar-refractivity contribution in [2.45, 2.75) is 12.5 Å². The molecule has 1 fully saturated rings. The van der Waals surface area contributed by atoms with Gasteiger partial charge in [0.1, 0.15) is 6.04 Å². The normalized spacial score (nSPS) is 14.6. The van der Waals surface area contributed by atoms with Crippen molar-refractivity contribution in [1.82, 2.24) is 30.4 Å². The number of carbonyl (C=O) groups excluding carboxylic acids is 2. The van der Waals surface area contributed by atoms with Crippen LogP contribution in [0.15, 0.2) is 48.8 Å². The molecule has 1 aliphatic rings. The quantitative estimate of drug-likeness (QED) is 0.472. The first-order valence-corrected chi connectivity index (χ1v) is 11.3. The Hall–Kier alpha value is -3.38. The lowest BCUT2D eigenvalue weighted by atomic mass is 10.0. The van der Waals surface area contributed by atoms with E-state index in [1.807, 2.05) is 35.2 Å². The highest BCUT2D eigenvalue weighted by molar-refractivity contribution is 7.73. The summed E-state index contributed by atoms with van der Waals surface area (Å²) in [6.07, 6.45) is 3.78. The van der Waals surface area contributed by atoms with E-state index in [4.69, 9.17) is 12.2 Å². The average Bonchev–Trinajstić information content (AvgIpc) is 3.23. The lowest BCUT2D eigenvalue weighted by molar-refractivity contribution is -0.133. The topological polar surface area (TPSA) is 119 Å². The molecular weight excluding hydrogens is 448 g/mol. The minimum absolute atomic E-state index is 0.132. The van der Waals surface area contributed by atoms with Crippen LogP contribution in [0.1, 0.15) is 5.56 Å². The van der Waals surface area contributed by atoms with E-state index >= 15 is 0 Å². The van der Waals surface area contributed by atoms with Crippen LogP contribution in [-0.4, -0.2) is 69.2 Å². The second-order valence-corrected chi connectivity index (χ2v) is 8.79. The monoisotopic (exact) mass is 470 g/mol. The fourth-order valence-electron chi connectivity index (χ4n) is 3.43. The summed E-state index contributed by atoms with van der Waals surface area (Å²) in [5, 5.41) is 12.3. The molecule has 3 heterocycles. The van der Waals surface area contributed by atoms with Crippen molar-refractivity contribution in [1.29, 1.82) is 0 Å². The van der Waals surface area contributed by atoms with E-state index in [1.165, 1.54) is 0 Å². The SMILES string of the molecule is O=C(Nc1n[nH]c(=S)s1)NC(Cc1ccccc1)C(=O)N1CCN(c2ncccn2)CC1. The third-order valence-electron chi connectivity index (χ3n) is 4.97. The van der Waals surface area contributed by atoms with Crippen LogP contribution in [-0.2, 0) is 11.2 Å². The first kappa shape index (κ1) is 21.8. The zero-order valence-electron chi connectivity index (χ0n) is 17.1. The number of aromatic amines is 1. The zero-order valence-corrected chi connectivity index (χ0v) is 18.7. The fourth-order valence-corrected chi connectivity index (χ4v) is 4.21. The molecule has 3 aromatic rings. The second-order valence-electron chi connectivity index (χ2n) is 7.12. The van der Waals surface area contributed by atoms with Crippen molar-refractivity contribution in [2.24, 2.45) is 0 Å². The van der Waals surface area contributed by atoms with Crippen LogP contribution in [0.25, 0.3) is 0 Å². The summed E-state index contributed by atoms with van der Waals surface area (Å²) in [4.78, 5) is 38.2. The van der Waals surface area contributed by atoms with Crippen molar-refractivity contribution in [3.05, 3.63) is 58.3 Å². The maximum Gasteiger partial charge on any atom is 0.321 e. The minimum atomic E-state index is -0.719. The highest BCUT2D eigenvalue weighted by atomic mass is 32.1. The minimum Gasteiger partial charge on any atom is -0.337 e. The van der Waals surface area contributed by atoms with Gasteiger partial charge in [-0.15, -0.1) is 5.10 Å². The molecule has 1 unspecified atom stereocenters. The highest BCUT2D eigenvalue weighted by Crippen LogP contribution is 2.14. The second kappa shape index (κ2) is 10.3. The summed E-state index contributed by atoms with van der Waals surface area (Å²) in [5.41, 5.74) is 0.956. The molecule has 0 saturated carbocycles. The molecule has 0 spiro atoms. The Balaban J connectivity index is 1.42. The fraction of sp³-hybridized carbons (Fsp3) is 0.300. The predicted molar refractivity (Wildman–Crippen MR) is 124 cm³/mol. The van der Waals surface area contributed by atoms with E-state index in [-0.39, 0.29) is 5.91 Å². The molecule has 1 aliphatic heterocycles. The van der Waals surface area contributed by atoms with Gasteiger partial charge in [0, 0.05) is 45.0 Å². The Morgan fingerprint density at radius 3 is 2.47 bits per heavy atom. The van der Waals surface area contributed by atoms with E-state index in [0.717, 1.165) is 16.9 Å². The van der Waals surface area contributed by atoms with Gasteiger partial charge >= 0.3 is 6.03 Å². The summed E-state index contributed by atoms with van der Waals surface area (Å²) >= 11 is 6.13. The molecule has 0 bridgehead atoms. The molecule has 10 nitrogen and oxygen atoms in total. The number of piperazine rings is 1. The lowest BCUT2D eigenvalue weighted by Gasteiger charge is -2.36. The van der Waals surface area contributed by atoms with Gasteiger partial charge < -0.3 is 15.1 Å². The maximum atomic E-state index is 13.3. The summed E-state index contributed by atoms with van der Waals surface area (Å²) < 4.78 is 0.456. The van der Waals surface area contributed by atoms with Gasteiger partial charge in [-0.05, 0) is 23.8 Å². The van der Waals surface area contributed by atoms with Crippen molar-refractivity contribution < 1.29 is 9.59 Å². The molecule has 166 valence electrons. The molecule has 3 amide bonds. The lowest BCUT2D eigenvalue weighted by Crippen LogP contribution is -2.56. The standard InChI is InChI=1S/C20H22N8O2S2/c29-16(27-9-11-28(12-10-27)17-21-7-4-8-22-17)15(13-14-5-2-1-3-6-14)23-18(30)24-19-25-26-20(31)32-19/h1-8,15H,9-13H2,(H,26,31)(H2,23,24,25,30). The van der Waals surface area contributed by atoms with E-state index in [9.17, 15) is 9.59 Å². The third-order valence-corrected chi connectivity index (χ3v) is 5.98. The summed E-state index contributed by atoms with van der Waals surface area (Å²) in [7, 11) is 0. The van der Waals surface area contributed by atoms with E-state index in [2.05, 4.69) is 30.8 Å². The Morgan fingerprint density at radius 2 is 1.81 bits per heavy atom. The molecule has 32 heavy (non-hydrogen) atoms. The number of benzene rings is 1. The summed E-state index contributed by atoms with van der Waals surface area (Å²) in [5.74, 6) is 0.520. The summed E-state index contributed by atoms with van der Waals surface area (Å²) in [6, 6.07) is 10.1. The number of nitrogens with zero attached hydrogens (tertiary/aromatic N) is 5. The van der Waals surface area contributed by atoms with Crippen molar-refractivity contribution >= 4 is 46.6 Å². The van der Waals surface area contributed by atoms with Crippen LogP contribution < -0.4 is 15.5 Å². The number of hydrogen-bond donors (Lipinski definition) is 3. The Kier molecular flexibility index (Phi) is 7.02. The Morgan fingerprint density at radius 1 is 1.09 bits per heavy atom. The number of aromatic nitrogens is 4. The largest absolute Gasteiger partial charge is 0.337 e. The van der Waals surface area contributed by atoms with Crippen molar-refractivity contribution in [3.8, 4) is 0 Å². The van der Waals surface area contributed by atoms with Crippen LogP contribution >= 0.6 is 23.6 Å². The van der Waals surface area contributed by atoms with Gasteiger partial charge in [-0.1, -0.05) is 41.7 Å². The zero-order chi connectivity index (χ0) is 22.3. The molecule has 3 N–H and O–H groups in total. The Labute approximate surface area is 193 Å². The van der Waals surface area contributed by atoms with Crippen molar-refractivity contribution in [3.63, 3.8) is 0 Å².